The molecule has 0 spiro atoms. The number of likely N-dealkylation sites (tertiary alicyclic amines) is 1. The minimum absolute atomic E-state index is 0.229. The number of carbonyl (C=O) groups is 1. The molecule has 2 aliphatic rings. The molecule has 0 bridgehead atoms. The van der Waals surface area contributed by atoms with Crippen LogP contribution in [0.5, 0.6) is 0 Å². The van der Waals surface area contributed by atoms with Crippen LogP contribution >= 0.6 is 0 Å². The van der Waals surface area contributed by atoms with E-state index < -0.39 is 0 Å². The maximum Gasteiger partial charge on any atom is 0.225 e. The molecule has 2 heterocycles. The second-order valence-electron chi connectivity index (χ2n) is 6.52. The highest BCUT2D eigenvalue weighted by Gasteiger charge is 2.38. The van der Waals surface area contributed by atoms with Crippen LogP contribution in [0.25, 0.3) is 0 Å². The van der Waals surface area contributed by atoms with Gasteiger partial charge in [0.2, 0.25) is 5.91 Å². The van der Waals surface area contributed by atoms with Gasteiger partial charge in [0.15, 0.2) is 0 Å². The minimum atomic E-state index is 0.229. The van der Waals surface area contributed by atoms with Crippen LogP contribution in [0.4, 0.5) is 0 Å². The predicted octanol–water partition coefficient (Wildman–Crippen LogP) is 2.89. The zero-order valence-corrected chi connectivity index (χ0v) is 12.8. The van der Waals surface area contributed by atoms with Crippen molar-refractivity contribution in [2.75, 3.05) is 20.3 Å². The van der Waals surface area contributed by atoms with E-state index in [1.165, 1.54) is 5.56 Å². The molecule has 1 aromatic rings. The largest absolute Gasteiger partial charge is 0.381 e. The maximum atomic E-state index is 12.5. The normalized spacial score (nSPS) is 27.3. The Morgan fingerprint density at radius 3 is 2.62 bits per heavy atom. The minimum Gasteiger partial charge on any atom is -0.381 e. The molecule has 0 aliphatic carbocycles. The fourth-order valence-electron chi connectivity index (χ4n) is 3.74. The summed E-state index contributed by atoms with van der Waals surface area (Å²) in [5, 5.41) is 0. The van der Waals surface area contributed by atoms with Gasteiger partial charge in [0, 0.05) is 32.2 Å². The van der Waals surface area contributed by atoms with Crippen molar-refractivity contribution in [1.82, 2.24) is 4.90 Å². The lowest BCUT2D eigenvalue weighted by Crippen LogP contribution is -2.31. The summed E-state index contributed by atoms with van der Waals surface area (Å²) in [6, 6.07) is 10.9. The van der Waals surface area contributed by atoms with Gasteiger partial charge in [-0.15, -0.1) is 0 Å². The molecule has 2 fully saturated rings. The highest BCUT2D eigenvalue weighted by atomic mass is 16.5. The zero-order valence-electron chi connectivity index (χ0n) is 12.8. The first-order valence-electron chi connectivity index (χ1n) is 8.12. The Bertz CT molecular complexity index is 467. The fraction of sp³-hybridized carbons (Fsp3) is 0.611. The van der Waals surface area contributed by atoms with Crippen molar-refractivity contribution in [2.24, 2.45) is 11.8 Å². The molecule has 0 N–H and O–H groups in total. The van der Waals surface area contributed by atoms with Gasteiger partial charge >= 0.3 is 0 Å². The molecule has 3 nitrogen and oxygen atoms in total. The molecular formula is C18H25NO2. The summed E-state index contributed by atoms with van der Waals surface area (Å²) in [6.45, 7) is 1.74. The molecule has 2 atom stereocenters. The van der Waals surface area contributed by atoms with Gasteiger partial charge in [0.25, 0.3) is 0 Å². The average molecular weight is 287 g/mol. The summed E-state index contributed by atoms with van der Waals surface area (Å²) in [7, 11) is 1.97. The van der Waals surface area contributed by atoms with Gasteiger partial charge in [-0.05, 0) is 43.6 Å². The third-order valence-electron chi connectivity index (χ3n) is 5.07. The Labute approximate surface area is 127 Å². The van der Waals surface area contributed by atoms with Crippen molar-refractivity contribution in [2.45, 2.75) is 38.1 Å². The number of rotatable bonds is 4. The third-order valence-corrected chi connectivity index (χ3v) is 5.07. The highest BCUT2D eigenvalue weighted by Crippen LogP contribution is 2.33. The summed E-state index contributed by atoms with van der Waals surface area (Å²) < 4.78 is 5.42. The van der Waals surface area contributed by atoms with E-state index in [0.29, 0.717) is 17.9 Å². The third kappa shape index (κ3) is 3.46. The predicted molar refractivity (Wildman–Crippen MR) is 83.0 cm³/mol. The van der Waals surface area contributed by atoms with Gasteiger partial charge in [-0.2, -0.15) is 0 Å². The molecule has 2 saturated heterocycles. The van der Waals surface area contributed by atoms with Crippen molar-refractivity contribution >= 4 is 5.91 Å². The number of hydrogen-bond acceptors (Lipinski definition) is 2. The summed E-state index contributed by atoms with van der Waals surface area (Å²) >= 11 is 0. The molecule has 1 unspecified atom stereocenters. The van der Waals surface area contributed by atoms with Crippen molar-refractivity contribution in [1.29, 1.82) is 0 Å². The van der Waals surface area contributed by atoms with Crippen molar-refractivity contribution in [3.63, 3.8) is 0 Å². The smallest absolute Gasteiger partial charge is 0.225 e. The quantitative estimate of drug-likeness (QED) is 0.852. The van der Waals surface area contributed by atoms with Gasteiger partial charge < -0.3 is 9.64 Å². The van der Waals surface area contributed by atoms with Crippen LogP contribution in [0.2, 0.25) is 0 Å². The molecule has 3 rings (SSSR count). The maximum absolute atomic E-state index is 12.5. The van der Waals surface area contributed by atoms with Gasteiger partial charge in [0.05, 0.1) is 0 Å². The van der Waals surface area contributed by atoms with Crippen LogP contribution in [-0.4, -0.2) is 37.1 Å². The lowest BCUT2D eigenvalue weighted by atomic mass is 9.87. The summed E-state index contributed by atoms with van der Waals surface area (Å²) in [5.74, 6) is 1.26. The van der Waals surface area contributed by atoms with Crippen molar-refractivity contribution < 1.29 is 9.53 Å². The number of ether oxygens (including phenoxy) is 1. The lowest BCUT2D eigenvalue weighted by molar-refractivity contribution is -0.131. The Morgan fingerprint density at radius 1 is 1.19 bits per heavy atom. The molecule has 1 aromatic carbocycles. The summed E-state index contributed by atoms with van der Waals surface area (Å²) in [5.41, 5.74) is 1.33. The number of carbonyl (C=O) groups excluding carboxylic acids is 1. The second-order valence-corrected chi connectivity index (χ2v) is 6.52. The molecule has 114 valence electrons. The van der Waals surface area contributed by atoms with E-state index in [2.05, 4.69) is 24.3 Å². The van der Waals surface area contributed by atoms with E-state index >= 15 is 0 Å². The van der Waals surface area contributed by atoms with Gasteiger partial charge in [-0.1, -0.05) is 30.3 Å². The fourth-order valence-corrected chi connectivity index (χ4v) is 3.74. The molecular weight excluding hydrogens is 262 g/mol. The van der Waals surface area contributed by atoms with E-state index in [1.54, 1.807) is 0 Å². The average Bonchev–Trinajstić information content (AvgIpc) is 2.78. The standard InChI is InChI=1S/C18H25NO2/c1-19-17(12-14-5-3-2-4-6-14)13-16(18(19)20)11-15-7-9-21-10-8-15/h2-6,15-17H,7-13H2,1H3/t16?,17-/m0/s1. The highest BCUT2D eigenvalue weighted by molar-refractivity contribution is 5.81. The van der Waals surface area contributed by atoms with E-state index in [-0.39, 0.29) is 5.92 Å². The van der Waals surface area contributed by atoms with Gasteiger partial charge in [0.1, 0.15) is 0 Å². The first kappa shape index (κ1) is 14.6. The summed E-state index contributed by atoms with van der Waals surface area (Å²) in [6.07, 6.45) is 5.29. The van der Waals surface area contributed by atoms with Crippen molar-refractivity contribution in [3.05, 3.63) is 35.9 Å². The molecule has 0 saturated carbocycles. The number of likely N-dealkylation sites (N-methyl/N-ethyl adjacent to an activating group) is 1. The molecule has 0 aromatic heterocycles. The Kier molecular flexibility index (Phi) is 4.59. The molecule has 0 radical (unpaired) electrons. The molecule has 3 heteroatoms. The number of amides is 1. The van der Waals surface area contributed by atoms with Gasteiger partial charge in [-0.25, -0.2) is 0 Å². The topological polar surface area (TPSA) is 29.5 Å². The van der Waals surface area contributed by atoms with Crippen LogP contribution < -0.4 is 0 Å². The van der Waals surface area contributed by atoms with Crippen LogP contribution in [0.1, 0.15) is 31.2 Å². The molecule has 21 heavy (non-hydrogen) atoms. The Morgan fingerprint density at radius 2 is 1.90 bits per heavy atom. The van der Waals surface area contributed by atoms with Crippen molar-refractivity contribution in [3.8, 4) is 0 Å². The number of hydrogen-bond donors (Lipinski definition) is 0. The first-order valence-corrected chi connectivity index (χ1v) is 8.12. The first-order chi connectivity index (χ1) is 10.2. The Balaban J connectivity index is 1.59. The van der Waals surface area contributed by atoms with E-state index in [0.717, 1.165) is 45.3 Å². The monoisotopic (exact) mass is 287 g/mol. The van der Waals surface area contributed by atoms with Crippen LogP contribution in [0.3, 0.4) is 0 Å². The van der Waals surface area contributed by atoms with E-state index in [9.17, 15) is 4.79 Å². The van der Waals surface area contributed by atoms with Gasteiger partial charge in [-0.3, -0.25) is 4.79 Å². The molecule has 1 amide bonds. The van der Waals surface area contributed by atoms with Crippen LogP contribution in [0, 0.1) is 11.8 Å². The second kappa shape index (κ2) is 6.61. The summed E-state index contributed by atoms with van der Waals surface area (Å²) in [4.78, 5) is 14.5. The molecule has 2 aliphatic heterocycles. The Hall–Kier alpha value is -1.35. The van der Waals surface area contributed by atoms with E-state index in [1.807, 2.05) is 18.0 Å². The zero-order chi connectivity index (χ0) is 14.7. The number of nitrogens with zero attached hydrogens (tertiary/aromatic N) is 1. The van der Waals surface area contributed by atoms with Crippen LogP contribution in [-0.2, 0) is 16.0 Å². The number of benzene rings is 1. The van der Waals surface area contributed by atoms with E-state index in [4.69, 9.17) is 4.74 Å². The van der Waals surface area contributed by atoms with Crippen LogP contribution in [0.15, 0.2) is 30.3 Å². The lowest BCUT2D eigenvalue weighted by Gasteiger charge is -2.23. The SMILES string of the molecule is CN1C(=O)C(CC2CCOCC2)C[C@@H]1Cc1ccccc1.